The third kappa shape index (κ3) is 4.41. The van der Waals surface area contributed by atoms with Crippen molar-refractivity contribution < 1.29 is 9.53 Å². The standard InChI is InChI=1S/C17H24N2O2/c1-14(17(20)18-10-13-21-2)19-11-8-16(9-12-19)15-6-4-3-5-7-15/h3-8,14H,9-13H2,1-2H3,(H,18,20)/t14-/m0/s1. The monoisotopic (exact) mass is 288 g/mol. The smallest absolute Gasteiger partial charge is 0.237 e. The minimum Gasteiger partial charge on any atom is -0.383 e. The van der Waals surface area contributed by atoms with E-state index in [4.69, 9.17) is 4.74 Å². The molecule has 1 aliphatic heterocycles. The normalized spacial score (nSPS) is 17.1. The van der Waals surface area contributed by atoms with Crippen molar-refractivity contribution in [2.24, 2.45) is 0 Å². The quantitative estimate of drug-likeness (QED) is 0.813. The van der Waals surface area contributed by atoms with Crippen LogP contribution < -0.4 is 5.32 Å². The van der Waals surface area contributed by atoms with Crippen LogP contribution in [0.4, 0.5) is 0 Å². The van der Waals surface area contributed by atoms with Crippen molar-refractivity contribution in [3.63, 3.8) is 0 Å². The number of nitrogens with zero attached hydrogens (tertiary/aromatic N) is 1. The van der Waals surface area contributed by atoms with Gasteiger partial charge >= 0.3 is 0 Å². The average molecular weight is 288 g/mol. The number of benzene rings is 1. The maximum atomic E-state index is 12.0. The molecule has 0 bridgehead atoms. The Kier molecular flexibility index (Phi) is 5.96. The second-order valence-corrected chi connectivity index (χ2v) is 5.30. The van der Waals surface area contributed by atoms with E-state index in [2.05, 4.69) is 40.6 Å². The number of amides is 1. The second-order valence-electron chi connectivity index (χ2n) is 5.30. The minimum atomic E-state index is -0.101. The lowest BCUT2D eigenvalue weighted by Crippen LogP contribution is -2.47. The van der Waals surface area contributed by atoms with Gasteiger partial charge in [0.05, 0.1) is 12.6 Å². The lowest BCUT2D eigenvalue weighted by Gasteiger charge is -2.31. The van der Waals surface area contributed by atoms with Gasteiger partial charge in [-0.15, -0.1) is 0 Å². The lowest BCUT2D eigenvalue weighted by atomic mass is 9.99. The van der Waals surface area contributed by atoms with Gasteiger partial charge in [-0.2, -0.15) is 0 Å². The summed E-state index contributed by atoms with van der Waals surface area (Å²) < 4.78 is 4.94. The molecule has 1 N–H and O–H groups in total. The van der Waals surface area contributed by atoms with Crippen LogP contribution in [0.2, 0.25) is 0 Å². The van der Waals surface area contributed by atoms with E-state index in [1.807, 2.05) is 13.0 Å². The molecular formula is C17H24N2O2. The van der Waals surface area contributed by atoms with E-state index in [1.54, 1.807) is 7.11 Å². The molecular weight excluding hydrogens is 264 g/mol. The van der Waals surface area contributed by atoms with Crippen LogP contribution in [0.15, 0.2) is 36.4 Å². The Labute approximate surface area is 126 Å². The second kappa shape index (κ2) is 7.96. The molecule has 1 amide bonds. The molecule has 4 heteroatoms. The molecule has 1 aromatic rings. The van der Waals surface area contributed by atoms with Crippen molar-refractivity contribution in [2.75, 3.05) is 33.4 Å². The van der Waals surface area contributed by atoms with E-state index in [9.17, 15) is 4.79 Å². The number of carbonyl (C=O) groups excluding carboxylic acids is 1. The van der Waals surface area contributed by atoms with E-state index in [0.717, 1.165) is 19.5 Å². The maximum Gasteiger partial charge on any atom is 0.237 e. The van der Waals surface area contributed by atoms with Gasteiger partial charge in [-0.25, -0.2) is 0 Å². The molecule has 1 aromatic carbocycles. The number of carbonyl (C=O) groups is 1. The Morgan fingerprint density at radius 1 is 1.38 bits per heavy atom. The van der Waals surface area contributed by atoms with Crippen molar-refractivity contribution in [3.05, 3.63) is 42.0 Å². The number of hydrogen-bond acceptors (Lipinski definition) is 3. The van der Waals surface area contributed by atoms with Crippen molar-refractivity contribution >= 4 is 11.5 Å². The topological polar surface area (TPSA) is 41.6 Å². The molecule has 0 saturated heterocycles. The Bertz CT molecular complexity index is 485. The van der Waals surface area contributed by atoms with Crippen LogP contribution in [0, 0.1) is 0 Å². The SMILES string of the molecule is COCCNC(=O)[C@H](C)N1CC=C(c2ccccc2)CC1. The first-order valence-corrected chi connectivity index (χ1v) is 7.47. The largest absolute Gasteiger partial charge is 0.383 e. The first kappa shape index (κ1) is 15.7. The summed E-state index contributed by atoms with van der Waals surface area (Å²) in [7, 11) is 1.64. The van der Waals surface area contributed by atoms with Gasteiger partial charge in [-0.05, 0) is 24.5 Å². The highest BCUT2D eigenvalue weighted by molar-refractivity contribution is 5.81. The number of methoxy groups -OCH3 is 1. The summed E-state index contributed by atoms with van der Waals surface area (Å²) in [6.45, 7) is 4.82. The molecule has 4 nitrogen and oxygen atoms in total. The summed E-state index contributed by atoms with van der Waals surface area (Å²) in [4.78, 5) is 14.2. The van der Waals surface area contributed by atoms with Gasteiger partial charge in [0.15, 0.2) is 0 Å². The van der Waals surface area contributed by atoms with Crippen molar-refractivity contribution in [3.8, 4) is 0 Å². The van der Waals surface area contributed by atoms with Gasteiger partial charge in [0.1, 0.15) is 0 Å². The third-order valence-corrected chi connectivity index (χ3v) is 3.92. The minimum absolute atomic E-state index is 0.0728. The molecule has 21 heavy (non-hydrogen) atoms. The maximum absolute atomic E-state index is 12.0. The van der Waals surface area contributed by atoms with Crippen LogP contribution in [0.3, 0.4) is 0 Å². The van der Waals surface area contributed by atoms with Crippen LogP contribution in [0.5, 0.6) is 0 Å². The van der Waals surface area contributed by atoms with Crippen molar-refractivity contribution in [2.45, 2.75) is 19.4 Å². The molecule has 0 unspecified atom stereocenters. The molecule has 0 fully saturated rings. The predicted molar refractivity (Wildman–Crippen MR) is 85.0 cm³/mol. The molecule has 0 radical (unpaired) electrons. The number of hydrogen-bond donors (Lipinski definition) is 1. The van der Waals surface area contributed by atoms with Gasteiger partial charge < -0.3 is 10.1 Å². The fraction of sp³-hybridized carbons (Fsp3) is 0.471. The van der Waals surface area contributed by atoms with E-state index in [-0.39, 0.29) is 11.9 Å². The number of nitrogens with one attached hydrogen (secondary N) is 1. The molecule has 1 heterocycles. The zero-order valence-electron chi connectivity index (χ0n) is 12.8. The highest BCUT2D eigenvalue weighted by atomic mass is 16.5. The third-order valence-electron chi connectivity index (χ3n) is 3.92. The Hall–Kier alpha value is -1.65. The van der Waals surface area contributed by atoms with Gasteiger partial charge in [0.25, 0.3) is 0 Å². The highest BCUT2D eigenvalue weighted by Gasteiger charge is 2.22. The van der Waals surface area contributed by atoms with Crippen LogP contribution in [0.25, 0.3) is 5.57 Å². The molecule has 1 aliphatic rings. The Morgan fingerprint density at radius 3 is 2.76 bits per heavy atom. The first-order valence-electron chi connectivity index (χ1n) is 7.47. The van der Waals surface area contributed by atoms with Gasteiger partial charge in [0.2, 0.25) is 5.91 Å². The van der Waals surface area contributed by atoms with E-state index in [0.29, 0.717) is 13.2 Å². The zero-order chi connectivity index (χ0) is 15.1. The fourth-order valence-electron chi connectivity index (χ4n) is 2.54. The molecule has 1 atom stereocenters. The van der Waals surface area contributed by atoms with E-state index >= 15 is 0 Å². The Balaban J connectivity index is 1.88. The van der Waals surface area contributed by atoms with Crippen LogP contribution in [0.1, 0.15) is 18.9 Å². The number of rotatable bonds is 6. The molecule has 0 aromatic heterocycles. The molecule has 0 spiro atoms. The Morgan fingerprint density at radius 2 is 2.14 bits per heavy atom. The van der Waals surface area contributed by atoms with E-state index in [1.165, 1.54) is 11.1 Å². The van der Waals surface area contributed by atoms with Crippen LogP contribution >= 0.6 is 0 Å². The fourth-order valence-corrected chi connectivity index (χ4v) is 2.54. The summed E-state index contributed by atoms with van der Waals surface area (Å²) in [5.41, 5.74) is 2.66. The van der Waals surface area contributed by atoms with Gasteiger partial charge in [-0.1, -0.05) is 36.4 Å². The summed E-state index contributed by atoms with van der Waals surface area (Å²) in [5.74, 6) is 0.0728. The molecule has 114 valence electrons. The van der Waals surface area contributed by atoms with Crippen LogP contribution in [-0.4, -0.2) is 50.2 Å². The van der Waals surface area contributed by atoms with Gasteiger partial charge in [0, 0.05) is 26.7 Å². The average Bonchev–Trinajstić information content (AvgIpc) is 2.55. The lowest BCUT2D eigenvalue weighted by molar-refractivity contribution is -0.125. The first-order chi connectivity index (χ1) is 10.2. The van der Waals surface area contributed by atoms with Crippen molar-refractivity contribution in [1.82, 2.24) is 10.2 Å². The summed E-state index contributed by atoms with van der Waals surface area (Å²) in [5, 5.41) is 2.90. The molecule has 0 aliphatic carbocycles. The summed E-state index contributed by atoms with van der Waals surface area (Å²) in [6, 6.07) is 10.3. The summed E-state index contributed by atoms with van der Waals surface area (Å²) in [6.07, 6.45) is 3.22. The number of ether oxygens (including phenoxy) is 1. The van der Waals surface area contributed by atoms with Crippen LogP contribution in [-0.2, 0) is 9.53 Å². The van der Waals surface area contributed by atoms with Crippen molar-refractivity contribution in [1.29, 1.82) is 0 Å². The molecule has 2 rings (SSSR count). The van der Waals surface area contributed by atoms with E-state index < -0.39 is 0 Å². The van der Waals surface area contributed by atoms with Gasteiger partial charge in [-0.3, -0.25) is 9.69 Å². The molecule has 0 saturated carbocycles. The zero-order valence-corrected chi connectivity index (χ0v) is 12.8. The summed E-state index contributed by atoms with van der Waals surface area (Å²) >= 11 is 0. The predicted octanol–water partition coefficient (Wildman–Crippen LogP) is 1.93. The highest BCUT2D eigenvalue weighted by Crippen LogP contribution is 2.22.